The highest BCUT2D eigenvalue weighted by Crippen LogP contribution is 2.17. The first-order chi connectivity index (χ1) is 7.62. The van der Waals surface area contributed by atoms with Crippen LogP contribution < -0.4 is 11.2 Å². The molecule has 1 fully saturated rings. The molecule has 6 heteroatoms. The number of hydrogen-bond acceptors (Lipinski definition) is 5. The third kappa shape index (κ3) is 2.10. The number of nitrogens with two attached hydrogens (primary N) is 1. The first-order valence-electron chi connectivity index (χ1n) is 5.13. The van der Waals surface area contributed by atoms with Crippen molar-refractivity contribution in [3.05, 3.63) is 30.3 Å². The van der Waals surface area contributed by atoms with Gasteiger partial charge in [0.15, 0.2) is 9.84 Å². The van der Waals surface area contributed by atoms with E-state index in [9.17, 15) is 8.42 Å². The number of rotatable bonds is 2. The van der Waals surface area contributed by atoms with Gasteiger partial charge in [-0.15, -0.1) is 0 Å². The molecule has 0 spiro atoms. The summed E-state index contributed by atoms with van der Waals surface area (Å²) >= 11 is 0. The summed E-state index contributed by atoms with van der Waals surface area (Å²) in [6.45, 7) is 1.63. The molecule has 1 saturated heterocycles. The van der Waals surface area contributed by atoms with Crippen molar-refractivity contribution in [1.29, 1.82) is 0 Å². The third-order valence-corrected chi connectivity index (χ3v) is 4.75. The predicted molar refractivity (Wildman–Crippen MR) is 61.2 cm³/mol. The van der Waals surface area contributed by atoms with Gasteiger partial charge in [0, 0.05) is 19.6 Å². The van der Waals surface area contributed by atoms with Crippen LogP contribution in [0.4, 0.5) is 0 Å². The van der Waals surface area contributed by atoms with Crippen LogP contribution >= 0.6 is 0 Å². The lowest BCUT2D eigenvalue weighted by Gasteiger charge is -2.31. The summed E-state index contributed by atoms with van der Waals surface area (Å²) < 4.78 is 24.5. The quantitative estimate of drug-likeness (QED) is 0.687. The number of nitrogens with one attached hydrogen (secondary N) is 1. The molecule has 1 heterocycles. The van der Waals surface area contributed by atoms with Crippen LogP contribution in [0, 0.1) is 0 Å². The molecule has 3 N–H and O–H groups in total. The molecule has 0 radical (unpaired) electrons. The molecule has 88 valence electrons. The van der Waals surface area contributed by atoms with Crippen molar-refractivity contribution in [2.24, 2.45) is 5.84 Å². The zero-order valence-electron chi connectivity index (χ0n) is 8.83. The summed E-state index contributed by atoms with van der Waals surface area (Å²) in [5, 5.41) is 3.75. The van der Waals surface area contributed by atoms with E-state index < -0.39 is 15.2 Å². The fourth-order valence-corrected chi connectivity index (χ4v) is 3.40. The van der Waals surface area contributed by atoms with Crippen LogP contribution in [0.5, 0.6) is 0 Å². The average Bonchev–Trinajstić information content (AvgIpc) is 2.30. The highest BCUT2D eigenvalue weighted by Gasteiger charge is 2.33. The van der Waals surface area contributed by atoms with Gasteiger partial charge < -0.3 is 5.32 Å². The standard InChI is InChI=1S/C10H15N3O2S/c11-13-7-6-12-8-10(13)16(14,15)9-4-2-1-3-5-9/h1-5,10,12H,6-8,11H2. The summed E-state index contributed by atoms with van der Waals surface area (Å²) in [5.74, 6) is 5.72. The first kappa shape index (κ1) is 11.5. The number of benzene rings is 1. The Kier molecular flexibility index (Phi) is 3.25. The summed E-state index contributed by atoms with van der Waals surface area (Å²) in [6, 6.07) is 8.40. The molecule has 1 aliphatic rings. The van der Waals surface area contributed by atoms with Crippen molar-refractivity contribution in [2.45, 2.75) is 10.3 Å². The highest BCUT2D eigenvalue weighted by molar-refractivity contribution is 7.92. The second-order valence-electron chi connectivity index (χ2n) is 3.75. The number of hydrazine groups is 1. The van der Waals surface area contributed by atoms with Gasteiger partial charge in [-0.25, -0.2) is 13.4 Å². The van der Waals surface area contributed by atoms with E-state index >= 15 is 0 Å². The number of nitrogens with zero attached hydrogens (tertiary/aromatic N) is 1. The molecule has 0 saturated carbocycles. The van der Waals surface area contributed by atoms with Gasteiger partial charge in [-0.1, -0.05) is 18.2 Å². The second kappa shape index (κ2) is 4.50. The van der Waals surface area contributed by atoms with Crippen molar-refractivity contribution in [3.63, 3.8) is 0 Å². The van der Waals surface area contributed by atoms with Crippen molar-refractivity contribution in [2.75, 3.05) is 19.6 Å². The van der Waals surface area contributed by atoms with E-state index in [1.807, 2.05) is 0 Å². The molecular weight excluding hydrogens is 226 g/mol. The van der Waals surface area contributed by atoms with Crippen LogP contribution in [0.3, 0.4) is 0 Å². The van der Waals surface area contributed by atoms with Crippen molar-refractivity contribution < 1.29 is 8.42 Å². The van der Waals surface area contributed by atoms with E-state index in [-0.39, 0.29) is 0 Å². The van der Waals surface area contributed by atoms with Crippen molar-refractivity contribution >= 4 is 9.84 Å². The SMILES string of the molecule is NN1CCNCC1S(=O)(=O)c1ccccc1. The minimum atomic E-state index is -3.37. The Bertz CT molecular complexity index is 446. The monoisotopic (exact) mass is 241 g/mol. The maximum absolute atomic E-state index is 12.2. The lowest BCUT2D eigenvalue weighted by atomic mass is 10.4. The maximum Gasteiger partial charge on any atom is 0.196 e. The van der Waals surface area contributed by atoms with Crippen LogP contribution in [0.15, 0.2) is 35.2 Å². The molecule has 1 unspecified atom stereocenters. The average molecular weight is 241 g/mol. The molecule has 0 bridgehead atoms. The molecule has 0 aliphatic carbocycles. The lowest BCUT2D eigenvalue weighted by Crippen LogP contribution is -2.57. The maximum atomic E-state index is 12.2. The molecule has 1 atom stereocenters. The normalized spacial score (nSPS) is 23.2. The van der Waals surface area contributed by atoms with Crippen LogP contribution in [-0.2, 0) is 9.84 Å². The summed E-state index contributed by atoms with van der Waals surface area (Å²) in [6.07, 6.45) is 0. The van der Waals surface area contributed by atoms with Crippen LogP contribution in [-0.4, -0.2) is 38.4 Å². The van der Waals surface area contributed by atoms with Gasteiger partial charge in [0.2, 0.25) is 0 Å². The van der Waals surface area contributed by atoms with E-state index in [0.717, 1.165) is 6.54 Å². The number of sulfone groups is 1. The second-order valence-corrected chi connectivity index (χ2v) is 5.86. The van der Waals surface area contributed by atoms with Crippen LogP contribution in [0.25, 0.3) is 0 Å². The van der Waals surface area contributed by atoms with Gasteiger partial charge in [-0.3, -0.25) is 5.84 Å². The third-order valence-electron chi connectivity index (χ3n) is 2.67. The van der Waals surface area contributed by atoms with Gasteiger partial charge in [0.25, 0.3) is 0 Å². The molecule has 2 rings (SSSR count). The molecule has 1 aliphatic heterocycles. The minimum absolute atomic E-state index is 0.319. The Balaban J connectivity index is 2.32. The zero-order chi connectivity index (χ0) is 11.6. The molecule has 1 aromatic rings. The van der Waals surface area contributed by atoms with Crippen LogP contribution in [0.1, 0.15) is 0 Å². The van der Waals surface area contributed by atoms with Crippen LogP contribution in [0.2, 0.25) is 0 Å². The van der Waals surface area contributed by atoms with Gasteiger partial charge in [-0.05, 0) is 12.1 Å². The van der Waals surface area contributed by atoms with Gasteiger partial charge in [-0.2, -0.15) is 0 Å². The van der Waals surface area contributed by atoms with E-state index in [1.165, 1.54) is 5.01 Å². The molecule has 5 nitrogen and oxygen atoms in total. The summed E-state index contributed by atoms with van der Waals surface area (Å²) in [7, 11) is -3.37. The molecule has 1 aromatic carbocycles. The summed E-state index contributed by atoms with van der Waals surface area (Å²) in [5.41, 5.74) is 0. The molecule has 0 amide bonds. The van der Waals surface area contributed by atoms with Crippen molar-refractivity contribution in [3.8, 4) is 0 Å². The Morgan fingerprint density at radius 3 is 2.62 bits per heavy atom. The van der Waals surface area contributed by atoms with Crippen molar-refractivity contribution in [1.82, 2.24) is 10.3 Å². The topological polar surface area (TPSA) is 75.4 Å². The van der Waals surface area contributed by atoms with E-state index in [2.05, 4.69) is 5.32 Å². The Labute approximate surface area is 95.1 Å². The number of piperazine rings is 1. The summed E-state index contributed by atoms with van der Waals surface area (Å²) in [4.78, 5) is 0.319. The predicted octanol–water partition coefficient (Wildman–Crippen LogP) is -0.435. The Morgan fingerprint density at radius 2 is 2.00 bits per heavy atom. The van der Waals surface area contributed by atoms with E-state index in [4.69, 9.17) is 5.84 Å². The van der Waals surface area contributed by atoms with Gasteiger partial charge >= 0.3 is 0 Å². The molecule has 0 aromatic heterocycles. The molecular formula is C10H15N3O2S. The Morgan fingerprint density at radius 1 is 1.31 bits per heavy atom. The first-order valence-corrected chi connectivity index (χ1v) is 6.68. The van der Waals surface area contributed by atoms with Gasteiger partial charge in [0.05, 0.1) is 4.90 Å². The minimum Gasteiger partial charge on any atom is -0.313 e. The fraction of sp³-hybridized carbons (Fsp3) is 0.400. The lowest BCUT2D eigenvalue weighted by molar-refractivity contribution is 0.215. The fourth-order valence-electron chi connectivity index (χ4n) is 1.75. The zero-order valence-corrected chi connectivity index (χ0v) is 9.65. The van der Waals surface area contributed by atoms with Gasteiger partial charge in [0.1, 0.15) is 5.37 Å². The largest absolute Gasteiger partial charge is 0.313 e. The Hall–Kier alpha value is -0.950. The van der Waals surface area contributed by atoms with E-state index in [0.29, 0.717) is 18.0 Å². The number of hydrogen-bond donors (Lipinski definition) is 2. The van der Waals surface area contributed by atoms with E-state index in [1.54, 1.807) is 30.3 Å². The molecule has 16 heavy (non-hydrogen) atoms. The highest BCUT2D eigenvalue weighted by atomic mass is 32.2. The smallest absolute Gasteiger partial charge is 0.196 e.